The van der Waals surface area contributed by atoms with E-state index < -0.39 is 41.2 Å². The van der Waals surface area contributed by atoms with E-state index in [1.807, 2.05) is 0 Å². The van der Waals surface area contributed by atoms with E-state index in [0.29, 0.717) is 11.5 Å². The van der Waals surface area contributed by atoms with Gasteiger partial charge in [0.2, 0.25) is 11.8 Å². The lowest BCUT2D eigenvalue weighted by molar-refractivity contribution is -0.147. The standard InChI is InChI=1S/C22H22N2O7/c1-22(21(28)29)17-16(18(23-22)12-10-11(30-2)8-9-14(12)25)19(26)24(20(17)27)13-6-4-5-7-15(13)31-3/h4-10,16-18,23,25H,1-3H3,(H,28,29)/t16-,17+,18+,22+/m1/s1. The second-order valence-electron chi connectivity index (χ2n) is 7.74. The van der Waals surface area contributed by atoms with Crippen LogP contribution in [-0.2, 0) is 14.4 Å². The molecule has 4 atom stereocenters. The van der Waals surface area contributed by atoms with Gasteiger partial charge in [-0.25, -0.2) is 4.90 Å². The number of carboxylic acid groups (broad SMARTS) is 1. The maximum absolute atomic E-state index is 13.5. The third-order valence-electron chi connectivity index (χ3n) is 6.13. The van der Waals surface area contributed by atoms with Crippen molar-refractivity contribution in [3.63, 3.8) is 0 Å². The van der Waals surface area contributed by atoms with E-state index in [2.05, 4.69) is 5.32 Å². The lowest BCUT2D eigenvalue weighted by atomic mass is 9.80. The summed E-state index contributed by atoms with van der Waals surface area (Å²) in [7, 11) is 2.88. The number of nitrogens with zero attached hydrogens (tertiary/aromatic N) is 1. The van der Waals surface area contributed by atoms with E-state index in [4.69, 9.17) is 9.47 Å². The number of phenolic OH excluding ortho intramolecular Hbond substituents is 1. The first-order valence-corrected chi connectivity index (χ1v) is 9.63. The first-order valence-electron chi connectivity index (χ1n) is 9.63. The highest BCUT2D eigenvalue weighted by Crippen LogP contribution is 2.52. The number of fused-ring (bicyclic) bond motifs is 1. The van der Waals surface area contributed by atoms with Crippen molar-refractivity contribution in [3.8, 4) is 17.2 Å². The highest BCUT2D eigenvalue weighted by atomic mass is 16.5. The van der Waals surface area contributed by atoms with Crippen LogP contribution >= 0.6 is 0 Å². The molecule has 2 amide bonds. The summed E-state index contributed by atoms with van der Waals surface area (Å²) in [4.78, 5) is 40.2. The number of ether oxygens (including phenoxy) is 2. The van der Waals surface area contributed by atoms with Crippen molar-refractivity contribution in [1.82, 2.24) is 5.32 Å². The number of rotatable bonds is 5. The average Bonchev–Trinajstić information content (AvgIpc) is 3.22. The minimum Gasteiger partial charge on any atom is -0.508 e. The van der Waals surface area contributed by atoms with Gasteiger partial charge < -0.3 is 19.7 Å². The van der Waals surface area contributed by atoms with Gasteiger partial charge in [0.25, 0.3) is 0 Å². The number of phenols is 1. The van der Waals surface area contributed by atoms with E-state index in [1.165, 1.54) is 33.3 Å². The molecule has 2 fully saturated rings. The number of imide groups is 1. The fourth-order valence-electron chi connectivity index (χ4n) is 4.56. The van der Waals surface area contributed by atoms with Gasteiger partial charge in [-0.1, -0.05) is 12.1 Å². The highest BCUT2D eigenvalue weighted by molar-refractivity contribution is 6.24. The Morgan fingerprint density at radius 3 is 2.45 bits per heavy atom. The quantitative estimate of drug-likeness (QED) is 0.617. The number of nitrogens with one attached hydrogen (secondary N) is 1. The molecule has 31 heavy (non-hydrogen) atoms. The number of carboxylic acids is 1. The molecule has 4 rings (SSSR count). The van der Waals surface area contributed by atoms with Crippen LogP contribution in [-0.4, -0.2) is 47.8 Å². The zero-order valence-corrected chi connectivity index (χ0v) is 17.2. The van der Waals surface area contributed by atoms with Crippen molar-refractivity contribution in [2.75, 3.05) is 19.1 Å². The highest BCUT2D eigenvalue weighted by Gasteiger charge is 2.67. The fourth-order valence-corrected chi connectivity index (χ4v) is 4.56. The lowest BCUT2D eigenvalue weighted by Gasteiger charge is -2.28. The van der Waals surface area contributed by atoms with E-state index in [9.17, 15) is 24.6 Å². The van der Waals surface area contributed by atoms with Crippen molar-refractivity contribution < 1.29 is 34.1 Å². The van der Waals surface area contributed by atoms with Crippen molar-refractivity contribution in [3.05, 3.63) is 48.0 Å². The number of para-hydroxylation sites is 2. The zero-order valence-electron chi connectivity index (χ0n) is 17.2. The van der Waals surface area contributed by atoms with Crippen LogP contribution < -0.4 is 19.7 Å². The Bertz CT molecular complexity index is 1090. The molecule has 2 aromatic carbocycles. The summed E-state index contributed by atoms with van der Waals surface area (Å²) in [5.41, 5.74) is -1.20. The molecular weight excluding hydrogens is 404 g/mol. The summed E-state index contributed by atoms with van der Waals surface area (Å²) in [6.07, 6.45) is 0. The van der Waals surface area contributed by atoms with E-state index in [1.54, 1.807) is 30.3 Å². The van der Waals surface area contributed by atoms with Crippen LogP contribution in [0, 0.1) is 11.8 Å². The van der Waals surface area contributed by atoms with Crippen molar-refractivity contribution in [1.29, 1.82) is 0 Å². The summed E-state index contributed by atoms with van der Waals surface area (Å²) in [6.45, 7) is 1.38. The smallest absolute Gasteiger partial charge is 0.324 e. The summed E-state index contributed by atoms with van der Waals surface area (Å²) in [5, 5.41) is 23.3. The largest absolute Gasteiger partial charge is 0.508 e. The fraction of sp³-hybridized carbons (Fsp3) is 0.318. The van der Waals surface area contributed by atoms with Gasteiger partial charge >= 0.3 is 5.97 Å². The molecule has 162 valence electrons. The zero-order chi connectivity index (χ0) is 22.5. The molecule has 3 N–H and O–H groups in total. The maximum Gasteiger partial charge on any atom is 0.324 e. The number of methoxy groups -OCH3 is 2. The first-order chi connectivity index (χ1) is 14.7. The molecule has 9 heteroatoms. The summed E-state index contributed by atoms with van der Waals surface area (Å²) < 4.78 is 10.5. The van der Waals surface area contributed by atoms with Crippen LogP contribution in [0.15, 0.2) is 42.5 Å². The van der Waals surface area contributed by atoms with Gasteiger partial charge in [-0.2, -0.15) is 0 Å². The van der Waals surface area contributed by atoms with Gasteiger partial charge in [-0.05, 0) is 37.3 Å². The second kappa shape index (κ2) is 7.28. The Morgan fingerprint density at radius 2 is 1.81 bits per heavy atom. The molecule has 0 radical (unpaired) electrons. The number of benzene rings is 2. The number of aromatic hydroxyl groups is 1. The minimum absolute atomic E-state index is 0.136. The second-order valence-corrected chi connectivity index (χ2v) is 7.74. The molecular formula is C22H22N2O7. The molecule has 0 spiro atoms. The minimum atomic E-state index is -1.73. The Kier molecular flexibility index (Phi) is 4.85. The molecule has 0 unspecified atom stereocenters. The van der Waals surface area contributed by atoms with Crippen molar-refractivity contribution in [2.24, 2.45) is 11.8 Å². The Morgan fingerprint density at radius 1 is 1.10 bits per heavy atom. The number of carbonyl (C=O) groups is 3. The van der Waals surface area contributed by atoms with E-state index in [-0.39, 0.29) is 17.0 Å². The number of amides is 2. The first kappa shape index (κ1) is 20.7. The number of carbonyl (C=O) groups excluding carboxylic acids is 2. The molecule has 2 aliphatic rings. The van der Waals surface area contributed by atoms with Gasteiger partial charge in [-0.15, -0.1) is 0 Å². The van der Waals surface area contributed by atoms with Gasteiger partial charge in [-0.3, -0.25) is 19.7 Å². The monoisotopic (exact) mass is 426 g/mol. The summed E-state index contributed by atoms with van der Waals surface area (Å²) >= 11 is 0. The average molecular weight is 426 g/mol. The van der Waals surface area contributed by atoms with Gasteiger partial charge in [0.1, 0.15) is 22.8 Å². The topological polar surface area (TPSA) is 125 Å². The molecule has 0 aromatic heterocycles. The molecule has 9 nitrogen and oxygen atoms in total. The van der Waals surface area contributed by atoms with Crippen LogP contribution in [0.5, 0.6) is 17.2 Å². The molecule has 0 aliphatic carbocycles. The van der Waals surface area contributed by atoms with Gasteiger partial charge in [0.05, 0.1) is 31.7 Å². The summed E-state index contributed by atoms with van der Waals surface area (Å²) in [6, 6.07) is 10.1. The predicted octanol–water partition coefficient (Wildman–Crippen LogP) is 1.70. The lowest BCUT2D eigenvalue weighted by Crippen LogP contribution is -2.53. The molecule has 2 saturated heterocycles. The van der Waals surface area contributed by atoms with Gasteiger partial charge in [0.15, 0.2) is 0 Å². The van der Waals surface area contributed by atoms with E-state index >= 15 is 0 Å². The van der Waals surface area contributed by atoms with Crippen molar-refractivity contribution in [2.45, 2.75) is 18.5 Å². The van der Waals surface area contributed by atoms with Crippen LogP contribution in [0.1, 0.15) is 18.5 Å². The maximum atomic E-state index is 13.5. The number of hydrogen-bond donors (Lipinski definition) is 3. The molecule has 2 aromatic rings. The van der Waals surface area contributed by atoms with Crippen LogP contribution in [0.4, 0.5) is 5.69 Å². The van der Waals surface area contributed by atoms with E-state index in [0.717, 1.165) is 4.90 Å². The molecule has 2 aliphatic heterocycles. The number of aliphatic carboxylic acids is 1. The predicted molar refractivity (Wildman–Crippen MR) is 109 cm³/mol. The third-order valence-corrected chi connectivity index (χ3v) is 6.13. The number of hydrogen-bond acceptors (Lipinski definition) is 7. The molecule has 0 bridgehead atoms. The Hall–Kier alpha value is -3.59. The van der Waals surface area contributed by atoms with Crippen LogP contribution in [0.2, 0.25) is 0 Å². The summed E-state index contributed by atoms with van der Waals surface area (Å²) in [5.74, 6) is -4.10. The number of anilines is 1. The Balaban J connectivity index is 1.87. The van der Waals surface area contributed by atoms with Crippen LogP contribution in [0.25, 0.3) is 0 Å². The SMILES string of the molecule is COc1ccc(O)c([C@@H]2N[C@](C)(C(=O)O)[C@@H]3C(=O)N(c4ccccc4OC)C(=O)[C@H]32)c1. The molecule has 2 heterocycles. The van der Waals surface area contributed by atoms with Gasteiger partial charge in [0, 0.05) is 11.6 Å². The van der Waals surface area contributed by atoms with Crippen LogP contribution in [0.3, 0.4) is 0 Å². The molecule has 0 saturated carbocycles. The third kappa shape index (κ3) is 2.92. The Labute approximate surface area is 178 Å². The van der Waals surface area contributed by atoms with Crippen molar-refractivity contribution >= 4 is 23.5 Å². The normalized spacial score (nSPS) is 27.3.